The fourth-order valence-corrected chi connectivity index (χ4v) is 5.25. The summed E-state index contributed by atoms with van der Waals surface area (Å²) in [5.41, 5.74) is 1.95. The van der Waals surface area contributed by atoms with Crippen molar-refractivity contribution in [2.75, 3.05) is 23.7 Å². The fraction of sp³-hybridized carbons (Fsp3) is 0.462. The number of carbonyl (C=O) groups is 2. The van der Waals surface area contributed by atoms with Gasteiger partial charge in [-0.25, -0.2) is 8.42 Å². The van der Waals surface area contributed by atoms with Crippen LogP contribution in [0.25, 0.3) is 0 Å². The standard InChI is InChI=1S/C26H35Cl2N3O4S/c1-18(2)16-29-26(33)20(4)30(17-21-22(27)11-8-12-23(21)28)25(32)14-9-15-31(36(5,34)35)24-13-7-6-10-19(24)3/h6-8,10-13,18,20H,9,14-17H2,1-5H3,(H,29,33)/t20-/m0/s1. The molecule has 0 aliphatic rings. The highest BCUT2D eigenvalue weighted by Gasteiger charge is 2.28. The second-order valence-electron chi connectivity index (χ2n) is 9.26. The molecule has 1 atom stereocenters. The van der Waals surface area contributed by atoms with E-state index in [-0.39, 0.29) is 43.7 Å². The first kappa shape index (κ1) is 29.9. The summed E-state index contributed by atoms with van der Waals surface area (Å²) in [5.74, 6) is -0.318. The summed E-state index contributed by atoms with van der Waals surface area (Å²) in [6.07, 6.45) is 1.46. The summed E-state index contributed by atoms with van der Waals surface area (Å²) in [6, 6.07) is 11.5. The van der Waals surface area contributed by atoms with E-state index in [1.807, 2.05) is 32.9 Å². The van der Waals surface area contributed by atoms with Crippen LogP contribution in [0.2, 0.25) is 10.0 Å². The SMILES string of the molecule is Cc1ccccc1N(CCCC(=O)N(Cc1c(Cl)cccc1Cl)[C@@H](C)C(=O)NCC(C)C)S(C)(=O)=O. The normalized spacial score (nSPS) is 12.3. The van der Waals surface area contributed by atoms with Gasteiger partial charge in [0.25, 0.3) is 0 Å². The Kier molecular flexibility index (Phi) is 11.1. The molecule has 0 fully saturated rings. The third-order valence-corrected chi connectivity index (χ3v) is 7.67. The van der Waals surface area contributed by atoms with Gasteiger partial charge in [-0.05, 0) is 49.9 Å². The number of rotatable bonds is 12. The molecule has 1 N–H and O–H groups in total. The zero-order valence-electron chi connectivity index (χ0n) is 21.4. The molecule has 0 aromatic heterocycles. The van der Waals surface area contributed by atoms with E-state index in [0.717, 1.165) is 11.8 Å². The van der Waals surface area contributed by atoms with Crippen LogP contribution in [0.1, 0.15) is 44.7 Å². The Labute approximate surface area is 224 Å². The summed E-state index contributed by atoms with van der Waals surface area (Å²) in [5, 5.41) is 3.67. The van der Waals surface area contributed by atoms with E-state index in [1.165, 1.54) is 9.21 Å². The maximum atomic E-state index is 13.4. The minimum absolute atomic E-state index is 0.0434. The van der Waals surface area contributed by atoms with Gasteiger partial charge in [0.05, 0.1) is 11.9 Å². The molecular weight excluding hydrogens is 521 g/mol. The van der Waals surface area contributed by atoms with Gasteiger partial charge < -0.3 is 10.2 Å². The molecule has 198 valence electrons. The van der Waals surface area contributed by atoms with E-state index >= 15 is 0 Å². The number of para-hydroxylation sites is 1. The highest BCUT2D eigenvalue weighted by atomic mass is 35.5. The van der Waals surface area contributed by atoms with Gasteiger partial charge in [-0.2, -0.15) is 0 Å². The number of benzene rings is 2. The summed E-state index contributed by atoms with van der Waals surface area (Å²) < 4.78 is 26.3. The topological polar surface area (TPSA) is 86.8 Å². The molecule has 0 heterocycles. The molecule has 0 radical (unpaired) electrons. The lowest BCUT2D eigenvalue weighted by Crippen LogP contribution is -2.48. The van der Waals surface area contributed by atoms with Crippen LogP contribution < -0.4 is 9.62 Å². The number of nitrogens with zero attached hydrogens (tertiary/aromatic N) is 2. The largest absolute Gasteiger partial charge is 0.354 e. The number of carbonyl (C=O) groups excluding carboxylic acids is 2. The number of nitrogens with one attached hydrogen (secondary N) is 1. The number of halogens is 2. The number of sulfonamides is 1. The van der Waals surface area contributed by atoms with Crippen molar-refractivity contribution in [3.63, 3.8) is 0 Å². The number of aryl methyl sites for hydroxylation is 1. The van der Waals surface area contributed by atoms with Gasteiger partial charge in [0.15, 0.2) is 0 Å². The smallest absolute Gasteiger partial charge is 0.242 e. The number of amides is 2. The highest BCUT2D eigenvalue weighted by Crippen LogP contribution is 2.27. The Balaban J connectivity index is 2.23. The molecule has 0 unspecified atom stereocenters. The maximum Gasteiger partial charge on any atom is 0.242 e. The molecule has 7 nitrogen and oxygen atoms in total. The molecule has 0 bridgehead atoms. The van der Waals surface area contributed by atoms with Crippen molar-refractivity contribution in [1.82, 2.24) is 10.2 Å². The van der Waals surface area contributed by atoms with Crippen LogP contribution in [-0.4, -0.2) is 50.5 Å². The third-order valence-electron chi connectivity index (χ3n) is 5.78. The van der Waals surface area contributed by atoms with Crippen molar-refractivity contribution in [3.05, 3.63) is 63.6 Å². The first-order valence-electron chi connectivity index (χ1n) is 11.9. The van der Waals surface area contributed by atoms with Gasteiger partial charge in [-0.15, -0.1) is 0 Å². The first-order chi connectivity index (χ1) is 16.8. The van der Waals surface area contributed by atoms with Gasteiger partial charge in [0.2, 0.25) is 21.8 Å². The average Bonchev–Trinajstić information content (AvgIpc) is 2.79. The van der Waals surface area contributed by atoms with Gasteiger partial charge in [-0.3, -0.25) is 13.9 Å². The van der Waals surface area contributed by atoms with Crippen molar-refractivity contribution in [1.29, 1.82) is 0 Å². The number of hydrogen-bond donors (Lipinski definition) is 1. The van der Waals surface area contributed by atoms with Crippen LogP contribution in [0.5, 0.6) is 0 Å². The van der Waals surface area contributed by atoms with Gasteiger partial charge in [-0.1, -0.05) is 61.3 Å². The summed E-state index contributed by atoms with van der Waals surface area (Å²) in [4.78, 5) is 27.7. The monoisotopic (exact) mass is 555 g/mol. The molecule has 36 heavy (non-hydrogen) atoms. The van der Waals surface area contributed by atoms with Gasteiger partial charge >= 0.3 is 0 Å². The Bertz CT molecular complexity index is 1150. The molecular formula is C26H35Cl2N3O4S. The summed E-state index contributed by atoms with van der Waals surface area (Å²) >= 11 is 12.7. The molecule has 2 rings (SSSR count). The molecule has 0 saturated carbocycles. The molecule has 2 aromatic rings. The van der Waals surface area contributed by atoms with E-state index < -0.39 is 16.1 Å². The average molecular weight is 557 g/mol. The highest BCUT2D eigenvalue weighted by molar-refractivity contribution is 7.92. The second kappa shape index (κ2) is 13.3. The van der Waals surface area contributed by atoms with Gasteiger partial charge in [0, 0.05) is 41.7 Å². The van der Waals surface area contributed by atoms with Crippen molar-refractivity contribution in [2.45, 2.75) is 53.1 Å². The van der Waals surface area contributed by atoms with Crippen molar-refractivity contribution < 1.29 is 18.0 Å². The van der Waals surface area contributed by atoms with Crippen LogP contribution in [0.3, 0.4) is 0 Å². The van der Waals surface area contributed by atoms with Crippen LogP contribution in [0, 0.1) is 12.8 Å². The van der Waals surface area contributed by atoms with E-state index in [4.69, 9.17) is 23.2 Å². The Hall–Kier alpha value is -2.29. The molecule has 0 aliphatic heterocycles. The first-order valence-corrected chi connectivity index (χ1v) is 14.5. The van der Waals surface area contributed by atoms with Crippen molar-refractivity contribution in [3.8, 4) is 0 Å². The third kappa shape index (κ3) is 8.39. The molecule has 0 aliphatic carbocycles. The Morgan fingerprint density at radius 3 is 2.17 bits per heavy atom. The number of anilines is 1. The van der Waals surface area contributed by atoms with E-state index in [2.05, 4.69) is 5.32 Å². The minimum atomic E-state index is -3.55. The zero-order valence-corrected chi connectivity index (χ0v) is 23.8. The number of hydrogen-bond acceptors (Lipinski definition) is 4. The van der Waals surface area contributed by atoms with E-state index in [9.17, 15) is 18.0 Å². The van der Waals surface area contributed by atoms with Crippen LogP contribution in [0.15, 0.2) is 42.5 Å². The van der Waals surface area contributed by atoms with Crippen LogP contribution >= 0.6 is 23.2 Å². The van der Waals surface area contributed by atoms with Crippen LogP contribution in [-0.2, 0) is 26.2 Å². The van der Waals surface area contributed by atoms with Crippen LogP contribution in [0.4, 0.5) is 5.69 Å². The minimum Gasteiger partial charge on any atom is -0.354 e. The van der Waals surface area contributed by atoms with Crippen molar-refractivity contribution >= 4 is 50.7 Å². The fourth-order valence-electron chi connectivity index (χ4n) is 3.71. The lowest BCUT2D eigenvalue weighted by Gasteiger charge is -2.30. The lowest BCUT2D eigenvalue weighted by molar-refractivity contribution is -0.140. The predicted octanol–water partition coefficient (Wildman–Crippen LogP) is 5.04. The van der Waals surface area contributed by atoms with Gasteiger partial charge in [0.1, 0.15) is 6.04 Å². The summed E-state index contributed by atoms with van der Waals surface area (Å²) in [6.45, 7) is 8.14. The molecule has 2 aromatic carbocycles. The quantitative estimate of drug-likeness (QED) is 0.397. The molecule has 10 heteroatoms. The Morgan fingerprint density at radius 1 is 1.00 bits per heavy atom. The molecule has 0 spiro atoms. The van der Waals surface area contributed by atoms with E-state index in [0.29, 0.717) is 27.8 Å². The maximum absolute atomic E-state index is 13.4. The molecule has 2 amide bonds. The summed E-state index contributed by atoms with van der Waals surface area (Å²) in [7, 11) is -3.55. The second-order valence-corrected chi connectivity index (χ2v) is 12.0. The Morgan fingerprint density at radius 2 is 1.61 bits per heavy atom. The zero-order chi connectivity index (χ0) is 27.0. The lowest BCUT2D eigenvalue weighted by atomic mass is 10.1. The van der Waals surface area contributed by atoms with Crippen molar-refractivity contribution in [2.24, 2.45) is 5.92 Å². The molecule has 0 saturated heterocycles. The van der Waals surface area contributed by atoms with E-state index in [1.54, 1.807) is 37.3 Å². The predicted molar refractivity (Wildman–Crippen MR) is 147 cm³/mol.